The lowest BCUT2D eigenvalue weighted by atomic mass is 10.0. The zero-order valence-corrected chi connectivity index (χ0v) is 23.7. The Morgan fingerprint density at radius 1 is 1.14 bits per heavy atom. The lowest BCUT2D eigenvalue weighted by molar-refractivity contribution is 0.0939. The fraction of sp³-hybridized carbons (Fsp3) is 0.429. The second-order valence-electron chi connectivity index (χ2n) is 10.1. The third kappa shape index (κ3) is 4.85. The molecular formula is C28H34IN5O2. The highest BCUT2D eigenvalue weighted by Gasteiger charge is 2.44. The number of alkyl halides is 1. The quantitative estimate of drug-likeness (QED) is 0.237. The maximum absolute atomic E-state index is 13.4. The van der Waals surface area contributed by atoms with Gasteiger partial charge in [-0.05, 0) is 74.2 Å². The molecule has 0 spiro atoms. The van der Waals surface area contributed by atoms with E-state index in [4.69, 9.17) is 4.74 Å². The summed E-state index contributed by atoms with van der Waals surface area (Å²) < 4.78 is 7.88. The van der Waals surface area contributed by atoms with Crippen molar-refractivity contribution >= 4 is 34.2 Å². The third-order valence-corrected chi connectivity index (χ3v) is 8.30. The molecule has 36 heavy (non-hydrogen) atoms. The van der Waals surface area contributed by atoms with Gasteiger partial charge in [-0.1, -0.05) is 28.7 Å². The SMILES string of the molecule is COc1cc(-c2cnn(C)c2)cc([C@@H](C)NC(=O)c2cc(N3C[C@H]4C[C@@H]3CN4C(C)I)ccc2C)c1. The van der Waals surface area contributed by atoms with Crippen molar-refractivity contribution in [3.8, 4) is 16.9 Å². The van der Waals surface area contributed by atoms with Crippen LogP contribution in [0.4, 0.5) is 5.69 Å². The molecule has 2 aromatic carbocycles. The maximum Gasteiger partial charge on any atom is 0.252 e. The van der Waals surface area contributed by atoms with Crippen molar-refractivity contribution < 1.29 is 9.53 Å². The largest absolute Gasteiger partial charge is 0.497 e. The zero-order chi connectivity index (χ0) is 25.6. The number of hydrogen-bond acceptors (Lipinski definition) is 5. The average molecular weight is 600 g/mol. The number of nitrogens with zero attached hydrogens (tertiary/aromatic N) is 4. The van der Waals surface area contributed by atoms with E-state index in [-0.39, 0.29) is 11.9 Å². The highest BCUT2D eigenvalue weighted by atomic mass is 127. The molecule has 0 aliphatic carbocycles. The van der Waals surface area contributed by atoms with Crippen LogP contribution in [0.25, 0.3) is 11.1 Å². The number of carbonyl (C=O) groups is 1. The Balaban J connectivity index is 1.34. The fourth-order valence-corrected chi connectivity index (χ4v) is 6.25. The number of likely N-dealkylation sites (tertiary alicyclic amines) is 1. The minimum atomic E-state index is -0.187. The molecule has 4 atom stereocenters. The Bertz CT molecular complexity index is 1270. The van der Waals surface area contributed by atoms with Crippen LogP contribution in [-0.2, 0) is 7.05 Å². The van der Waals surface area contributed by atoms with E-state index in [0.717, 1.165) is 52.3 Å². The van der Waals surface area contributed by atoms with Gasteiger partial charge in [0.25, 0.3) is 5.91 Å². The lowest BCUT2D eigenvalue weighted by Gasteiger charge is -2.37. The topological polar surface area (TPSA) is 62.6 Å². The first-order valence-electron chi connectivity index (χ1n) is 12.5. The molecule has 3 aromatic rings. The third-order valence-electron chi connectivity index (χ3n) is 7.59. The molecule has 190 valence electrons. The van der Waals surface area contributed by atoms with E-state index < -0.39 is 0 Å². The first-order valence-corrected chi connectivity index (χ1v) is 13.7. The number of nitrogens with one attached hydrogen (secondary N) is 1. The van der Waals surface area contributed by atoms with Crippen LogP contribution in [0, 0.1) is 6.92 Å². The van der Waals surface area contributed by atoms with Gasteiger partial charge in [0, 0.05) is 55.2 Å². The Morgan fingerprint density at radius 3 is 2.58 bits per heavy atom. The van der Waals surface area contributed by atoms with E-state index in [1.165, 1.54) is 6.42 Å². The number of anilines is 1. The molecule has 3 heterocycles. The van der Waals surface area contributed by atoms with Crippen LogP contribution in [0.2, 0.25) is 0 Å². The average Bonchev–Trinajstić information content (AvgIpc) is 3.60. The van der Waals surface area contributed by atoms with E-state index in [0.29, 0.717) is 16.1 Å². The summed E-state index contributed by atoms with van der Waals surface area (Å²) in [4.78, 5) is 18.5. The summed E-state index contributed by atoms with van der Waals surface area (Å²) in [6.07, 6.45) is 5.01. The van der Waals surface area contributed by atoms with Gasteiger partial charge in [0.05, 0.1) is 23.4 Å². The van der Waals surface area contributed by atoms with Crippen LogP contribution in [-0.4, -0.2) is 56.9 Å². The van der Waals surface area contributed by atoms with E-state index in [2.05, 4.69) is 74.0 Å². The number of benzene rings is 2. The van der Waals surface area contributed by atoms with Gasteiger partial charge in [0.1, 0.15) is 5.75 Å². The molecule has 5 rings (SSSR count). The van der Waals surface area contributed by atoms with Crippen molar-refractivity contribution in [3.63, 3.8) is 0 Å². The van der Waals surface area contributed by atoms with Gasteiger partial charge in [-0.25, -0.2) is 0 Å². The van der Waals surface area contributed by atoms with Crippen LogP contribution in [0.1, 0.15) is 47.8 Å². The predicted molar refractivity (Wildman–Crippen MR) is 152 cm³/mol. The number of piperazine rings is 1. The summed E-state index contributed by atoms with van der Waals surface area (Å²) in [6.45, 7) is 8.40. The molecule has 0 radical (unpaired) electrons. The number of hydrogen-bond donors (Lipinski definition) is 1. The molecular weight excluding hydrogens is 565 g/mol. The van der Waals surface area contributed by atoms with Crippen LogP contribution in [0.3, 0.4) is 0 Å². The predicted octanol–water partition coefficient (Wildman–Crippen LogP) is 4.94. The zero-order valence-electron chi connectivity index (χ0n) is 21.5. The van der Waals surface area contributed by atoms with Crippen LogP contribution >= 0.6 is 22.6 Å². The first-order chi connectivity index (χ1) is 17.2. The normalized spacial score (nSPS) is 21.0. The number of fused-ring (bicyclic) bond motifs is 2. The van der Waals surface area contributed by atoms with Gasteiger partial charge in [0.2, 0.25) is 0 Å². The van der Waals surface area contributed by atoms with Gasteiger partial charge in [-0.2, -0.15) is 5.10 Å². The van der Waals surface area contributed by atoms with Crippen molar-refractivity contribution in [1.29, 1.82) is 0 Å². The van der Waals surface area contributed by atoms with Crippen molar-refractivity contribution in [2.24, 2.45) is 7.05 Å². The molecule has 1 amide bonds. The van der Waals surface area contributed by atoms with Gasteiger partial charge in [0.15, 0.2) is 0 Å². The van der Waals surface area contributed by atoms with Crippen molar-refractivity contribution in [1.82, 2.24) is 20.0 Å². The molecule has 2 aliphatic heterocycles. The number of carbonyl (C=O) groups excluding carboxylic acids is 1. The molecule has 2 aliphatic rings. The number of halogens is 1. The summed E-state index contributed by atoms with van der Waals surface area (Å²) in [6, 6.07) is 13.3. The Hall–Kier alpha value is -2.59. The molecule has 2 saturated heterocycles. The number of aryl methyl sites for hydroxylation is 2. The molecule has 7 nitrogen and oxygen atoms in total. The van der Waals surface area contributed by atoms with Gasteiger partial charge in [-0.15, -0.1) is 0 Å². The maximum atomic E-state index is 13.4. The molecule has 1 unspecified atom stereocenters. The molecule has 0 saturated carbocycles. The van der Waals surface area contributed by atoms with Crippen LogP contribution in [0.15, 0.2) is 48.8 Å². The van der Waals surface area contributed by atoms with Gasteiger partial charge < -0.3 is 15.0 Å². The van der Waals surface area contributed by atoms with Crippen molar-refractivity contribution in [2.75, 3.05) is 25.1 Å². The highest BCUT2D eigenvalue weighted by Crippen LogP contribution is 2.37. The number of ether oxygens (including phenoxy) is 1. The monoisotopic (exact) mass is 599 g/mol. The standard InChI is InChI=1S/C28H34IN5O2/c1-17-6-7-23(34-16-24-11-25(34)15-33(24)19(3)29)12-27(17)28(35)31-18(2)20-8-21(10-26(9-20)36-5)22-13-30-32(4)14-22/h6-10,12-14,18-19,24-25H,11,15-16H2,1-5H3,(H,31,35)/t18-,19?,24-,25-/m1/s1. The van der Waals surface area contributed by atoms with Crippen LogP contribution < -0.4 is 15.0 Å². The number of methoxy groups -OCH3 is 1. The Morgan fingerprint density at radius 2 is 1.94 bits per heavy atom. The van der Waals surface area contributed by atoms with E-state index >= 15 is 0 Å². The van der Waals surface area contributed by atoms with E-state index in [1.807, 2.05) is 45.4 Å². The van der Waals surface area contributed by atoms with Crippen molar-refractivity contribution in [3.05, 3.63) is 65.5 Å². The second kappa shape index (κ2) is 10.0. The minimum Gasteiger partial charge on any atom is -0.497 e. The van der Waals surface area contributed by atoms with Gasteiger partial charge >= 0.3 is 0 Å². The van der Waals surface area contributed by atoms with Gasteiger partial charge in [-0.3, -0.25) is 14.4 Å². The number of amides is 1. The summed E-state index contributed by atoms with van der Waals surface area (Å²) in [5.74, 6) is 0.698. The summed E-state index contributed by atoms with van der Waals surface area (Å²) in [5.41, 5.74) is 5.87. The van der Waals surface area contributed by atoms with E-state index in [9.17, 15) is 4.79 Å². The fourth-order valence-electron chi connectivity index (χ4n) is 5.57. The summed E-state index contributed by atoms with van der Waals surface area (Å²) in [5, 5.41) is 7.51. The molecule has 2 bridgehead atoms. The second-order valence-corrected chi connectivity index (χ2v) is 11.9. The van der Waals surface area contributed by atoms with Crippen LogP contribution in [0.5, 0.6) is 5.75 Å². The smallest absolute Gasteiger partial charge is 0.252 e. The summed E-state index contributed by atoms with van der Waals surface area (Å²) in [7, 11) is 3.56. The molecule has 8 heteroatoms. The van der Waals surface area contributed by atoms with E-state index in [1.54, 1.807) is 11.8 Å². The number of aromatic nitrogens is 2. The molecule has 1 N–H and O–H groups in total. The summed E-state index contributed by atoms with van der Waals surface area (Å²) >= 11 is 2.51. The minimum absolute atomic E-state index is 0.0561. The first kappa shape index (κ1) is 25.1. The highest BCUT2D eigenvalue weighted by molar-refractivity contribution is 14.1. The number of rotatable bonds is 7. The van der Waals surface area contributed by atoms with Crippen molar-refractivity contribution in [2.45, 2.75) is 49.4 Å². The Labute approximate surface area is 226 Å². The molecule has 2 fully saturated rings. The Kier molecular flexibility index (Phi) is 7.00. The lowest BCUT2D eigenvalue weighted by Crippen LogP contribution is -2.48. The molecule has 1 aromatic heterocycles.